The number of carbonyl (C=O) groups is 2. The molecule has 1 aliphatic carbocycles. The zero-order valence-electron chi connectivity index (χ0n) is 17.4. The van der Waals surface area contributed by atoms with Crippen LogP contribution in [0, 0.1) is 12.8 Å². The van der Waals surface area contributed by atoms with E-state index in [0.29, 0.717) is 36.0 Å². The van der Waals surface area contributed by atoms with Crippen molar-refractivity contribution in [2.75, 3.05) is 6.61 Å². The maximum absolute atomic E-state index is 12.9. The Labute approximate surface area is 171 Å². The lowest BCUT2D eigenvalue weighted by atomic mass is 9.75. The summed E-state index contributed by atoms with van der Waals surface area (Å²) in [6.07, 6.45) is 4.17. The zero-order chi connectivity index (χ0) is 21.2. The standard InChI is InChI=1S/C21H30BNO6/c1-13(2)18(20(25)28-12-21(26)9-5-4-6-10-21)23-19(24)16-8-7-15-11-29-22(27)17(15)14(16)3/h7-8,13,18,26-27H,4-6,9-12H2,1-3H3,(H,23,24)/t18-/m0/s1. The van der Waals surface area contributed by atoms with Crippen LogP contribution in [0.5, 0.6) is 0 Å². The van der Waals surface area contributed by atoms with E-state index >= 15 is 0 Å². The fraction of sp³-hybridized carbons (Fsp3) is 0.619. The molecular formula is C21H30BNO6. The minimum absolute atomic E-state index is 0.0493. The lowest BCUT2D eigenvalue weighted by Gasteiger charge is -2.32. The van der Waals surface area contributed by atoms with E-state index in [1.807, 2.05) is 13.8 Å². The molecule has 158 valence electrons. The predicted molar refractivity (Wildman–Crippen MR) is 109 cm³/mol. The highest BCUT2D eigenvalue weighted by atomic mass is 16.5. The van der Waals surface area contributed by atoms with Crippen LogP contribution >= 0.6 is 0 Å². The summed E-state index contributed by atoms with van der Waals surface area (Å²) >= 11 is 0. The molecule has 0 saturated heterocycles. The van der Waals surface area contributed by atoms with E-state index in [0.717, 1.165) is 24.8 Å². The summed E-state index contributed by atoms with van der Waals surface area (Å²) < 4.78 is 10.6. The van der Waals surface area contributed by atoms with Crippen LogP contribution in [-0.4, -0.2) is 47.4 Å². The fourth-order valence-electron chi connectivity index (χ4n) is 4.12. The molecule has 2 aliphatic rings. The maximum Gasteiger partial charge on any atom is 0.492 e. The first-order valence-corrected chi connectivity index (χ1v) is 10.3. The van der Waals surface area contributed by atoms with Crippen molar-refractivity contribution in [2.24, 2.45) is 5.92 Å². The largest absolute Gasteiger partial charge is 0.492 e. The molecule has 0 spiro atoms. The number of fused-ring (bicyclic) bond motifs is 1. The van der Waals surface area contributed by atoms with Gasteiger partial charge in [-0.2, -0.15) is 0 Å². The fourth-order valence-corrected chi connectivity index (χ4v) is 4.12. The SMILES string of the molecule is Cc1c(C(=O)N[C@H](C(=O)OCC2(O)CCCCC2)C(C)C)ccc2c1B(O)OC2. The molecule has 0 unspecified atom stereocenters. The van der Waals surface area contributed by atoms with Gasteiger partial charge in [-0.25, -0.2) is 4.79 Å². The Morgan fingerprint density at radius 1 is 1.28 bits per heavy atom. The summed E-state index contributed by atoms with van der Waals surface area (Å²) in [5.41, 5.74) is 1.52. The third kappa shape index (κ3) is 4.82. The molecule has 1 aromatic rings. The summed E-state index contributed by atoms with van der Waals surface area (Å²) in [4.78, 5) is 25.5. The van der Waals surface area contributed by atoms with Crippen molar-refractivity contribution in [3.63, 3.8) is 0 Å². The number of hydrogen-bond acceptors (Lipinski definition) is 6. The molecule has 1 fully saturated rings. The number of benzene rings is 1. The molecular weight excluding hydrogens is 373 g/mol. The Bertz CT molecular complexity index is 775. The third-order valence-electron chi connectivity index (χ3n) is 5.97. The average Bonchev–Trinajstić information content (AvgIpc) is 3.06. The van der Waals surface area contributed by atoms with E-state index in [1.54, 1.807) is 19.1 Å². The molecule has 7 nitrogen and oxygen atoms in total. The van der Waals surface area contributed by atoms with E-state index in [9.17, 15) is 19.7 Å². The summed E-state index contributed by atoms with van der Waals surface area (Å²) in [6.45, 7) is 5.67. The molecule has 1 aromatic carbocycles. The van der Waals surface area contributed by atoms with Gasteiger partial charge in [-0.05, 0) is 48.3 Å². The Kier molecular flexibility index (Phi) is 6.66. The molecule has 0 radical (unpaired) electrons. The first-order chi connectivity index (χ1) is 13.7. The second-order valence-electron chi connectivity index (χ2n) is 8.56. The van der Waals surface area contributed by atoms with Crippen molar-refractivity contribution in [3.8, 4) is 0 Å². The molecule has 0 aromatic heterocycles. The summed E-state index contributed by atoms with van der Waals surface area (Å²) in [7, 11) is -1.04. The Hall–Kier alpha value is -1.90. The minimum atomic E-state index is -1.04. The number of hydrogen-bond donors (Lipinski definition) is 3. The van der Waals surface area contributed by atoms with Crippen molar-refractivity contribution >= 4 is 24.5 Å². The van der Waals surface area contributed by atoms with Crippen molar-refractivity contribution in [1.82, 2.24) is 5.32 Å². The van der Waals surface area contributed by atoms with Crippen molar-refractivity contribution in [1.29, 1.82) is 0 Å². The second-order valence-corrected chi connectivity index (χ2v) is 8.56. The van der Waals surface area contributed by atoms with E-state index in [4.69, 9.17) is 9.39 Å². The van der Waals surface area contributed by atoms with Crippen LogP contribution < -0.4 is 10.8 Å². The lowest BCUT2D eigenvalue weighted by molar-refractivity contribution is -0.156. The highest BCUT2D eigenvalue weighted by molar-refractivity contribution is 6.62. The number of carbonyl (C=O) groups excluding carboxylic acids is 2. The minimum Gasteiger partial charge on any atom is -0.461 e. The van der Waals surface area contributed by atoms with Crippen molar-refractivity contribution < 1.29 is 29.1 Å². The third-order valence-corrected chi connectivity index (χ3v) is 5.97. The molecule has 1 aliphatic heterocycles. The van der Waals surface area contributed by atoms with Crippen LogP contribution in [0.25, 0.3) is 0 Å². The van der Waals surface area contributed by atoms with Gasteiger partial charge in [-0.15, -0.1) is 0 Å². The molecule has 3 N–H and O–H groups in total. The Morgan fingerprint density at radius 3 is 2.62 bits per heavy atom. The van der Waals surface area contributed by atoms with E-state index in [1.165, 1.54) is 0 Å². The van der Waals surface area contributed by atoms with E-state index in [2.05, 4.69) is 5.32 Å². The number of nitrogens with one attached hydrogen (secondary N) is 1. The van der Waals surface area contributed by atoms with Gasteiger partial charge in [0.15, 0.2) is 0 Å². The molecule has 0 bridgehead atoms. The zero-order valence-corrected chi connectivity index (χ0v) is 17.4. The smallest absolute Gasteiger partial charge is 0.461 e. The summed E-state index contributed by atoms with van der Waals surface area (Å²) in [6, 6.07) is 2.61. The number of ether oxygens (including phenoxy) is 1. The average molecular weight is 403 g/mol. The Morgan fingerprint density at radius 2 is 1.97 bits per heavy atom. The first kappa shape index (κ1) is 21.8. The highest BCUT2D eigenvalue weighted by Crippen LogP contribution is 2.28. The highest BCUT2D eigenvalue weighted by Gasteiger charge is 2.35. The van der Waals surface area contributed by atoms with Crippen LogP contribution in [-0.2, 0) is 20.8 Å². The Balaban J connectivity index is 1.68. The van der Waals surface area contributed by atoms with E-state index in [-0.39, 0.29) is 12.5 Å². The lowest BCUT2D eigenvalue weighted by Crippen LogP contribution is -2.47. The predicted octanol–water partition coefficient (Wildman–Crippen LogP) is 1.21. The molecule has 8 heteroatoms. The van der Waals surface area contributed by atoms with Gasteiger partial charge in [0.1, 0.15) is 12.6 Å². The molecule has 3 rings (SSSR count). The van der Waals surface area contributed by atoms with Gasteiger partial charge in [0.25, 0.3) is 5.91 Å². The maximum atomic E-state index is 12.9. The van der Waals surface area contributed by atoms with Gasteiger partial charge in [0.05, 0.1) is 12.2 Å². The number of amides is 1. The van der Waals surface area contributed by atoms with Gasteiger partial charge < -0.3 is 24.8 Å². The molecule has 1 amide bonds. The molecule has 1 saturated carbocycles. The molecule has 29 heavy (non-hydrogen) atoms. The normalized spacial score (nSPS) is 19.0. The number of aliphatic hydroxyl groups is 1. The summed E-state index contributed by atoms with van der Waals surface area (Å²) in [5.74, 6) is -1.14. The monoisotopic (exact) mass is 403 g/mol. The van der Waals surface area contributed by atoms with Gasteiger partial charge in [0, 0.05) is 5.56 Å². The van der Waals surface area contributed by atoms with Crippen LogP contribution in [0.2, 0.25) is 0 Å². The van der Waals surface area contributed by atoms with Gasteiger partial charge in [-0.3, -0.25) is 4.79 Å². The molecule has 1 atom stereocenters. The van der Waals surface area contributed by atoms with E-state index < -0.39 is 30.6 Å². The van der Waals surface area contributed by atoms with Crippen molar-refractivity contribution in [2.45, 2.75) is 71.1 Å². The van der Waals surface area contributed by atoms with Crippen LogP contribution in [0.4, 0.5) is 0 Å². The number of esters is 1. The van der Waals surface area contributed by atoms with Gasteiger partial charge in [0.2, 0.25) is 0 Å². The molecule has 1 heterocycles. The second kappa shape index (κ2) is 8.85. The summed E-state index contributed by atoms with van der Waals surface area (Å²) in [5, 5.41) is 23.3. The van der Waals surface area contributed by atoms with Gasteiger partial charge >= 0.3 is 13.1 Å². The van der Waals surface area contributed by atoms with Crippen LogP contribution in [0.15, 0.2) is 12.1 Å². The van der Waals surface area contributed by atoms with Crippen LogP contribution in [0.1, 0.15) is 67.4 Å². The number of rotatable bonds is 6. The van der Waals surface area contributed by atoms with Crippen molar-refractivity contribution in [3.05, 3.63) is 28.8 Å². The van der Waals surface area contributed by atoms with Crippen LogP contribution in [0.3, 0.4) is 0 Å². The first-order valence-electron chi connectivity index (χ1n) is 10.3. The quantitative estimate of drug-likeness (QED) is 0.487. The van der Waals surface area contributed by atoms with Gasteiger partial charge in [-0.1, -0.05) is 39.2 Å². The topological polar surface area (TPSA) is 105 Å².